The van der Waals surface area contributed by atoms with Crippen LogP contribution in [0.1, 0.15) is 12.0 Å². The second kappa shape index (κ2) is 6.72. The number of nitrogens with zero attached hydrogens (tertiary/aromatic N) is 1. The molecule has 2 N–H and O–H groups in total. The number of ether oxygens (including phenoxy) is 1. The minimum absolute atomic E-state index is 0.103. The lowest BCUT2D eigenvalue weighted by Crippen LogP contribution is -2.29. The summed E-state index contributed by atoms with van der Waals surface area (Å²) in [6.07, 6.45) is 0.505. The Bertz CT molecular complexity index is 457. The Morgan fingerprint density at radius 1 is 1.28 bits per heavy atom. The molecule has 0 atom stereocenters. The summed E-state index contributed by atoms with van der Waals surface area (Å²) >= 11 is 0. The van der Waals surface area contributed by atoms with Gasteiger partial charge in [-0.2, -0.15) is 0 Å². The summed E-state index contributed by atoms with van der Waals surface area (Å²) in [4.78, 5) is 0. The van der Waals surface area contributed by atoms with Crippen LogP contribution in [0.4, 0.5) is 5.69 Å². The van der Waals surface area contributed by atoms with E-state index in [2.05, 4.69) is 0 Å². The number of methoxy groups -OCH3 is 1. The molecule has 0 aliphatic rings. The predicted molar refractivity (Wildman–Crippen MR) is 72.6 cm³/mol. The van der Waals surface area contributed by atoms with Gasteiger partial charge in [-0.25, -0.2) is 12.7 Å². The third-order valence-electron chi connectivity index (χ3n) is 2.61. The van der Waals surface area contributed by atoms with Crippen LogP contribution in [-0.4, -0.2) is 39.2 Å². The zero-order valence-corrected chi connectivity index (χ0v) is 11.6. The van der Waals surface area contributed by atoms with E-state index in [0.29, 0.717) is 25.3 Å². The van der Waals surface area contributed by atoms with E-state index in [1.807, 2.05) is 12.1 Å². The molecule has 0 unspecified atom stereocenters. The maximum absolute atomic E-state index is 11.9. The highest BCUT2D eigenvalue weighted by atomic mass is 32.2. The van der Waals surface area contributed by atoms with Crippen molar-refractivity contribution in [3.63, 3.8) is 0 Å². The van der Waals surface area contributed by atoms with Gasteiger partial charge in [0.25, 0.3) is 0 Å². The average molecular weight is 272 g/mol. The highest BCUT2D eigenvalue weighted by molar-refractivity contribution is 7.89. The van der Waals surface area contributed by atoms with Crippen molar-refractivity contribution in [1.29, 1.82) is 0 Å². The van der Waals surface area contributed by atoms with E-state index >= 15 is 0 Å². The predicted octanol–water partition coefficient (Wildman–Crippen LogP) is 1.07. The molecule has 0 spiro atoms. The van der Waals surface area contributed by atoms with Gasteiger partial charge in [0.1, 0.15) is 0 Å². The monoisotopic (exact) mass is 272 g/mol. The van der Waals surface area contributed by atoms with E-state index < -0.39 is 10.0 Å². The molecule has 0 bridgehead atoms. The van der Waals surface area contributed by atoms with Crippen molar-refractivity contribution in [2.75, 3.05) is 32.3 Å². The van der Waals surface area contributed by atoms with E-state index in [4.69, 9.17) is 10.5 Å². The molecule has 0 amide bonds. The zero-order chi connectivity index (χ0) is 13.6. The second-order valence-corrected chi connectivity index (χ2v) is 6.36. The Morgan fingerprint density at radius 3 is 2.44 bits per heavy atom. The fraction of sp³-hybridized carbons (Fsp3) is 0.500. The normalized spacial score (nSPS) is 11.9. The van der Waals surface area contributed by atoms with E-state index in [9.17, 15) is 8.42 Å². The summed E-state index contributed by atoms with van der Waals surface area (Å²) < 4.78 is 30.1. The summed E-state index contributed by atoms with van der Waals surface area (Å²) in [6.45, 7) is 0.810. The van der Waals surface area contributed by atoms with Gasteiger partial charge in [0.15, 0.2) is 0 Å². The van der Waals surface area contributed by atoms with Crippen molar-refractivity contribution < 1.29 is 13.2 Å². The summed E-state index contributed by atoms with van der Waals surface area (Å²) in [5.74, 6) is 0.103. The number of rotatable bonds is 7. The molecule has 0 aromatic heterocycles. The molecule has 1 aromatic carbocycles. The Balaban J connectivity index is 2.58. The average Bonchev–Trinajstić information content (AvgIpc) is 2.32. The van der Waals surface area contributed by atoms with Crippen LogP contribution in [0.5, 0.6) is 0 Å². The summed E-state index contributed by atoms with van der Waals surface area (Å²) in [5.41, 5.74) is 7.17. The fourth-order valence-corrected chi connectivity index (χ4v) is 2.66. The highest BCUT2D eigenvalue weighted by Gasteiger charge is 2.17. The van der Waals surface area contributed by atoms with Crippen LogP contribution in [0.2, 0.25) is 0 Å². The first kappa shape index (κ1) is 14.9. The van der Waals surface area contributed by atoms with Crippen LogP contribution < -0.4 is 5.73 Å². The number of hydrogen-bond acceptors (Lipinski definition) is 4. The molecule has 1 rings (SSSR count). The smallest absolute Gasteiger partial charge is 0.214 e. The Morgan fingerprint density at radius 2 is 1.89 bits per heavy atom. The molecule has 18 heavy (non-hydrogen) atoms. The standard InChI is InChI=1S/C12H20N2O3S/c1-14(18(15,16)9-3-8-17-2)10-11-4-6-12(13)7-5-11/h4-7H,3,8-10,13H2,1-2H3. The Hall–Kier alpha value is -1.11. The summed E-state index contributed by atoms with van der Waals surface area (Å²) in [7, 11) is -0.0767. The van der Waals surface area contributed by atoms with Crippen LogP contribution in [0.15, 0.2) is 24.3 Å². The van der Waals surface area contributed by atoms with Crippen LogP contribution in [0, 0.1) is 0 Å². The van der Waals surface area contributed by atoms with Crippen LogP contribution >= 0.6 is 0 Å². The molecule has 0 radical (unpaired) electrons. The molecule has 102 valence electrons. The van der Waals surface area contributed by atoms with E-state index in [1.165, 1.54) is 4.31 Å². The molecule has 5 nitrogen and oxygen atoms in total. The SMILES string of the molecule is COCCCS(=O)(=O)N(C)Cc1ccc(N)cc1. The molecular formula is C12H20N2O3S. The minimum Gasteiger partial charge on any atom is -0.399 e. The zero-order valence-electron chi connectivity index (χ0n) is 10.8. The highest BCUT2D eigenvalue weighted by Crippen LogP contribution is 2.10. The van der Waals surface area contributed by atoms with Gasteiger partial charge in [0.05, 0.1) is 5.75 Å². The number of anilines is 1. The van der Waals surface area contributed by atoms with Crippen molar-refractivity contribution in [3.05, 3.63) is 29.8 Å². The van der Waals surface area contributed by atoms with E-state index in [-0.39, 0.29) is 5.75 Å². The number of nitrogens with two attached hydrogens (primary N) is 1. The molecule has 1 aromatic rings. The molecule has 0 fully saturated rings. The lowest BCUT2D eigenvalue weighted by molar-refractivity contribution is 0.199. The maximum atomic E-state index is 11.9. The van der Waals surface area contributed by atoms with Gasteiger partial charge in [-0.1, -0.05) is 12.1 Å². The molecular weight excluding hydrogens is 252 g/mol. The van der Waals surface area contributed by atoms with Gasteiger partial charge in [-0.05, 0) is 24.1 Å². The van der Waals surface area contributed by atoms with E-state index in [0.717, 1.165) is 5.56 Å². The summed E-state index contributed by atoms with van der Waals surface area (Å²) in [6, 6.07) is 7.19. The van der Waals surface area contributed by atoms with E-state index in [1.54, 1.807) is 26.3 Å². The minimum atomic E-state index is -3.22. The first-order chi connectivity index (χ1) is 8.45. The Labute approximate surface area is 109 Å². The number of sulfonamides is 1. The molecule has 0 saturated carbocycles. The fourth-order valence-electron chi connectivity index (χ4n) is 1.52. The van der Waals surface area contributed by atoms with Gasteiger partial charge in [0.2, 0.25) is 10.0 Å². The lowest BCUT2D eigenvalue weighted by atomic mass is 10.2. The van der Waals surface area contributed by atoms with Crippen molar-refractivity contribution in [1.82, 2.24) is 4.31 Å². The van der Waals surface area contributed by atoms with Gasteiger partial charge >= 0.3 is 0 Å². The molecule has 0 saturated heterocycles. The van der Waals surface area contributed by atoms with Gasteiger partial charge in [-0.3, -0.25) is 0 Å². The van der Waals surface area contributed by atoms with Crippen LogP contribution in [0.25, 0.3) is 0 Å². The molecule has 0 aliphatic carbocycles. The first-order valence-corrected chi connectivity index (χ1v) is 7.34. The lowest BCUT2D eigenvalue weighted by Gasteiger charge is -2.17. The van der Waals surface area contributed by atoms with Crippen molar-refractivity contribution >= 4 is 15.7 Å². The maximum Gasteiger partial charge on any atom is 0.214 e. The topological polar surface area (TPSA) is 72.6 Å². The third-order valence-corrected chi connectivity index (χ3v) is 4.49. The van der Waals surface area contributed by atoms with Crippen molar-refractivity contribution in [2.45, 2.75) is 13.0 Å². The molecule has 0 heterocycles. The van der Waals surface area contributed by atoms with Gasteiger partial charge in [-0.15, -0.1) is 0 Å². The first-order valence-electron chi connectivity index (χ1n) is 5.73. The second-order valence-electron chi connectivity index (χ2n) is 4.16. The van der Waals surface area contributed by atoms with Gasteiger partial charge < -0.3 is 10.5 Å². The number of nitrogen functional groups attached to an aromatic ring is 1. The van der Waals surface area contributed by atoms with Crippen molar-refractivity contribution in [2.24, 2.45) is 0 Å². The summed E-state index contributed by atoms with van der Waals surface area (Å²) in [5, 5.41) is 0. The molecule has 0 aliphatic heterocycles. The van der Waals surface area contributed by atoms with Crippen LogP contribution in [-0.2, 0) is 21.3 Å². The number of benzene rings is 1. The van der Waals surface area contributed by atoms with Crippen molar-refractivity contribution in [3.8, 4) is 0 Å². The Kier molecular flexibility index (Phi) is 5.58. The molecule has 6 heteroatoms. The van der Waals surface area contributed by atoms with Gasteiger partial charge in [0, 0.05) is 33.0 Å². The number of hydrogen-bond donors (Lipinski definition) is 1. The van der Waals surface area contributed by atoms with Crippen LogP contribution in [0.3, 0.4) is 0 Å². The quantitative estimate of drug-likeness (QED) is 0.595. The largest absolute Gasteiger partial charge is 0.399 e. The third kappa shape index (κ3) is 4.64.